The van der Waals surface area contributed by atoms with Crippen LogP contribution in [-0.4, -0.2) is 45.7 Å². The third-order valence-electron chi connectivity index (χ3n) is 2.82. The van der Waals surface area contributed by atoms with Crippen molar-refractivity contribution in [3.8, 4) is 11.5 Å². The zero-order chi connectivity index (χ0) is 14.2. The molecular formula is C14H19NO5. The van der Waals surface area contributed by atoms with Gasteiger partial charge in [0.2, 0.25) is 0 Å². The van der Waals surface area contributed by atoms with Crippen molar-refractivity contribution in [1.82, 2.24) is 5.32 Å². The number of methoxy groups -OCH3 is 1. The number of benzene rings is 1. The average molecular weight is 281 g/mol. The van der Waals surface area contributed by atoms with E-state index >= 15 is 0 Å². The van der Waals surface area contributed by atoms with Gasteiger partial charge in [0.25, 0.3) is 5.91 Å². The summed E-state index contributed by atoms with van der Waals surface area (Å²) in [7, 11) is 1.56. The van der Waals surface area contributed by atoms with Crippen molar-refractivity contribution in [3.63, 3.8) is 0 Å². The lowest BCUT2D eigenvalue weighted by Crippen LogP contribution is -2.31. The van der Waals surface area contributed by atoms with E-state index in [1.165, 1.54) is 0 Å². The minimum atomic E-state index is -0.203. The van der Waals surface area contributed by atoms with Crippen LogP contribution in [0.25, 0.3) is 0 Å². The summed E-state index contributed by atoms with van der Waals surface area (Å²) >= 11 is 0. The Bertz CT molecular complexity index is 431. The molecule has 0 bridgehead atoms. The molecule has 0 aliphatic carbocycles. The third kappa shape index (κ3) is 4.40. The molecule has 1 fully saturated rings. The number of hydrogen-bond acceptors (Lipinski definition) is 5. The van der Waals surface area contributed by atoms with Crippen molar-refractivity contribution in [2.75, 3.05) is 33.5 Å². The second-order valence-corrected chi connectivity index (χ2v) is 4.25. The molecule has 1 N–H and O–H groups in total. The summed E-state index contributed by atoms with van der Waals surface area (Å²) in [6, 6.07) is 7.20. The van der Waals surface area contributed by atoms with E-state index in [4.69, 9.17) is 18.9 Å². The van der Waals surface area contributed by atoms with Crippen molar-refractivity contribution in [1.29, 1.82) is 0 Å². The van der Waals surface area contributed by atoms with Crippen LogP contribution in [0.1, 0.15) is 6.42 Å². The first kappa shape index (κ1) is 14.6. The monoisotopic (exact) mass is 281 g/mol. The summed E-state index contributed by atoms with van der Waals surface area (Å²) < 4.78 is 21.1. The van der Waals surface area contributed by atoms with Gasteiger partial charge in [0.05, 0.1) is 20.3 Å². The van der Waals surface area contributed by atoms with Crippen LogP contribution >= 0.6 is 0 Å². The first-order chi connectivity index (χ1) is 9.79. The largest absolute Gasteiger partial charge is 0.493 e. The van der Waals surface area contributed by atoms with Crippen LogP contribution in [0.15, 0.2) is 24.3 Å². The molecule has 6 nitrogen and oxygen atoms in total. The first-order valence-corrected chi connectivity index (χ1v) is 6.55. The number of rotatable bonds is 7. The Morgan fingerprint density at radius 1 is 1.30 bits per heavy atom. The maximum atomic E-state index is 11.6. The van der Waals surface area contributed by atoms with Gasteiger partial charge in [-0.2, -0.15) is 0 Å². The number of hydrogen-bond donors (Lipinski definition) is 1. The number of amides is 1. The van der Waals surface area contributed by atoms with E-state index in [0.717, 1.165) is 0 Å². The molecule has 20 heavy (non-hydrogen) atoms. The lowest BCUT2D eigenvalue weighted by molar-refractivity contribution is -0.123. The predicted molar refractivity (Wildman–Crippen MR) is 71.8 cm³/mol. The Kier molecular flexibility index (Phi) is 5.64. The van der Waals surface area contributed by atoms with E-state index < -0.39 is 0 Å². The maximum absolute atomic E-state index is 11.6. The van der Waals surface area contributed by atoms with E-state index in [1.807, 2.05) is 12.1 Å². The molecule has 0 atom stereocenters. The smallest absolute Gasteiger partial charge is 0.257 e. The summed E-state index contributed by atoms with van der Waals surface area (Å²) in [4.78, 5) is 11.6. The molecule has 0 spiro atoms. The van der Waals surface area contributed by atoms with Crippen LogP contribution in [0.4, 0.5) is 0 Å². The van der Waals surface area contributed by atoms with Gasteiger partial charge in [0, 0.05) is 13.0 Å². The average Bonchev–Trinajstić information content (AvgIpc) is 2.98. The number of carbonyl (C=O) groups excluding carboxylic acids is 1. The fourth-order valence-electron chi connectivity index (χ4n) is 1.84. The molecule has 1 saturated heterocycles. The van der Waals surface area contributed by atoms with Crippen molar-refractivity contribution in [3.05, 3.63) is 24.3 Å². The number of nitrogens with one attached hydrogen (secondary N) is 1. The molecule has 0 aromatic heterocycles. The van der Waals surface area contributed by atoms with Crippen LogP contribution < -0.4 is 14.8 Å². The van der Waals surface area contributed by atoms with Crippen LogP contribution in [0, 0.1) is 0 Å². The summed E-state index contributed by atoms with van der Waals surface area (Å²) in [5, 5.41) is 2.75. The minimum Gasteiger partial charge on any atom is -0.493 e. The van der Waals surface area contributed by atoms with Gasteiger partial charge in [0.1, 0.15) is 0 Å². The zero-order valence-corrected chi connectivity index (χ0v) is 11.5. The summed E-state index contributed by atoms with van der Waals surface area (Å²) in [6.07, 6.45) is 0.436. The highest BCUT2D eigenvalue weighted by Crippen LogP contribution is 2.25. The Morgan fingerprint density at radius 2 is 2.00 bits per heavy atom. The molecule has 1 aliphatic heterocycles. The van der Waals surface area contributed by atoms with Gasteiger partial charge in [-0.15, -0.1) is 0 Å². The first-order valence-electron chi connectivity index (χ1n) is 6.55. The predicted octanol–water partition coefficient (Wildman–Crippen LogP) is 0.953. The van der Waals surface area contributed by atoms with Crippen LogP contribution in [-0.2, 0) is 14.3 Å². The van der Waals surface area contributed by atoms with E-state index in [1.54, 1.807) is 19.2 Å². The highest BCUT2D eigenvalue weighted by molar-refractivity contribution is 5.77. The Labute approximate surface area is 118 Å². The van der Waals surface area contributed by atoms with Gasteiger partial charge in [-0.3, -0.25) is 4.79 Å². The Balaban J connectivity index is 1.66. The van der Waals surface area contributed by atoms with Gasteiger partial charge in [-0.25, -0.2) is 0 Å². The van der Waals surface area contributed by atoms with Crippen LogP contribution in [0.5, 0.6) is 11.5 Å². The number of para-hydroxylation sites is 2. The number of carbonyl (C=O) groups is 1. The van der Waals surface area contributed by atoms with Gasteiger partial charge < -0.3 is 24.3 Å². The van der Waals surface area contributed by atoms with Crippen molar-refractivity contribution < 1.29 is 23.7 Å². The SMILES string of the molecule is COc1ccccc1OCC(=O)NCCC1OCCO1. The molecular weight excluding hydrogens is 262 g/mol. The standard InChI is InChI=1S/C14H19NO5/c1-17-11-4-2-3-5-12(11)20-10-13(16)15-7-6-14-18-8-9-19-14/h2-5,14H,6-10H2,1H3,(H,15,16). The molecule has 1 aromatic rings. The molecule has 0 unspecified atom stereocenters. The zero-order valence-electron chi connectivity index (χ0n) is 11.5. The molecule has 1 aliphatic rings. The topological polar surface area (TPSA) is 66.0 Å². The van der Waals surface area contributed by atoms with Crippen LogP contribution in [0.3, 0.4) is 0 Å². The second-order valence-electron chi connectivity index (χ2n) is 4.25. The fourth-order valence-corrected chi connectivity index (χ4v) is 1.84. The fraction of sp³-hybridized carbons (Fsp3) is 0.500. The van der Waals surface area contributed by atoms with E-state index in [2.05, 4.69) is 5.32 Å². The lowest BCUT2D eigenvalue weighted by atomic mass is 10.3. The molecule has 0 saturated carbocycles. The van der Waals surface area contributed by atoms with E-state index in [0.29, 0.717) is 37.7 Å². The maximum Gasteiger partial charge on any atom is 0.257 e. The molecule has 2 rings (SSSR count). The summed E-state index contributed by atoms with van der Waals surface area (Å²) in [5.41, 5.74) is 0. The molecule has 0 radical (unpaired) electrons. The molecule has 1 heterocycles. The third-order valence-corrected chi connectivity index (χ3v) is 2.82. The van der Waals surface area contributed by atoms with Crippen molar-refractivity contribution in [2.45, 2.75) is 12.7 Å². The van der Waals surface area contributed by atoms with Gasteiger partial charge in [-0.05, 0) is 12.1 Å². The van der Waals surface area contributed by atoms with Gasteiger partial charge >= 0.3 is 0 Å². The molecule has 1 amide bonds. The second kappa shape index (κ2) is 7.72. The molecule has 110 valence electrons. The quantitative estimate of drug-likeness (QED) is 0.806. The Morgan fingerprint density at radius 3 is 2.70 bits per heavy atom. The van der Waals surface area contributed by atoms with Crippen molar-refractivity contribution >= 4 is 5.91 Å². The lowest BCUT2D eigenvalue weighted by Gasteiger charge is -2.11. The minimum absolute atomic E-state index is 0.0489. The summed E-state index contributed by atoms with van der Waals surface area (Å²) in [6.45, 7) is 1.69. The molecule has 1 aromatic carbocycles. The highest BCUT2D eigenvalue weighted by atomic mass is 16.7. The van der Waals surface area contributed by atoms with E-state index in [9.17, 15) is 4.79 Å². The summed E-state index contributed by atoms with van der Waals surface area (Å²) in [5.74, 6) is 0.967. The van der Waals surface area contributed by atoms with Crippen LogP contribution in [0.2, 0.25) is 0 Å². The highest BCUT2D eigenvalue weighted by Gasteiger charge is 2.15. The molecule has 6 heteroatoms. The van der Waals surface area contributed by atoms with Gasteiger partial charge in [0.15, 0.2) is 24.4 Å². The van der Waals surface area contributed by atoms with Gasteiger partial charge in [-0.1, -0.05) is 12.1 Å². The Hall–Kier alpha value is -1.79. The van der Waals surface area contributed by atoms with E-state index in [-0.39, 0.29) is 18.8 Å². The number of ether oxygens (including phenoxy) is 4. The normalized spacial score (nSPS) is 15.1. The van der Waals surface area contributed by atoms with Crippen molar-refractivity contribution in [2.24, 2.45) is 0 Å².